The van der Waals surface area contributed by atoms with Crippen LogP contribution in [0, 0.1) is 6.92 Å². The van der Waals surface area contributed by atoms with Gasteiger partial charge in [0.05, 0.1) is 7.11 Å². The number of benzene rings is 1. The van der Waals surface area contributed by atoms with Gasteiger partial charge in [0.15, 0.2) is 0 Å². The number of amides is 1. The van der Waals surface area contributed by atoms with Crippen molar-refractivity contribution >= 4 is 18.3 Å². The van der Waals surface area contributed by atoms with Crippen LogP contribution in [-0.2, 0) is 0 Å². The lowest BCUT2D eigenvalue weighted by Gasteiger charge is -2.28. The van der Waals surface area contributed by atoms with E-state index in [2.05, 4.69) is 10.2 Å². The number of carbonyl (C=O) groups is 1. The van der Waals surface area contributed by atoms with Gasteiger partial charge in [-0.1, -0.05) is 6.07 Å². The Morgan fingerprint density at radius 3 is 2.81 bits per heavy atom. The van der Waals surface area contributed by atoms with Crippen LogP contribution < -0.4 is 10.1 Å². The minimum atomic E-state index is 0. The van der Waals surface area contributed by atoms with Gasteiger partial charge in [0.2, 0.25) is 0 Å². The molecule has 0 aliphatic carbocycles. The van der Waals surface area contributed by atoms with Crippen LogP contribution in [0.15, 0.2) is 18.2 Å². The average Bonchev–Trinajstić information content (AvgIpc) is 2.72. The fourth-order valence-electron chi connectivity index (χ4n) is 3.42. The van der Waals surface area contributed by atoms with Crippen LogP contribution in [0.1, 0.15) is 35.2 Å². The zero-order chi connectivity index (χ0) is 14.1. The van der Waals surface area contributed by atoms with Gasteiger partial charge >= 0.3 is 0 Å². The second-order valence-corrected chi connectivity index (χ2v) is 5.77. The van der Waals surface area contributed by atoms with Crippen molar-refractivity contribution in [3.8, 4) is 5.75 Å². The first kappa shape index (κ1) is 16.1. The zero-order valence-corrected chi connectivity index (χ0v) is 13.4. The van der Waals surface area contributed by atoms with Crippen molar-refractivity contribution in [2.45, 2.75) is 38.3 Å². The average molecular weight is 311 g/mol. The molecule has 116 valence electrons. The molecule has 1 N–H and O–H groups in total. The Labute approximate surface area is 132 Å². The summed E-state index contributed by atoms with van der Waals surface area (Å²) in [5.41, 5.74) is 1.80. The number of fused-ring (bicyclic) bond motifs is 2. The topological polar surface area (TPSA) is 41.6 Å². The molecule has 2 bridgehead atoms. The number of nitrogens with one attached hydrogen (secondary N) is 1. The van der Waals surface area contributed by atoms with Gasteiger partial charge < -0.3 is 15.0 Å². The molecule has 2 aliphatic rings. The van der Waals surface area contributed by atoms with Crippen molar-refractivity contribution in [2.75, 3.05) is 20.2 Å². The molecule has 0 saturated carbocycles. The number of aryl methyl sites for hydroxylation is 1. The third kappa shape index (κ3) is 3.01. The second-order valence-electron chi connectivity index (χ2n) is 5.77. The Hall–Kier alpha value is -1.26. The van der Waals surface area contributed by atoms with Crippen LogP contribution in [0.4, 0.5) is 0 Å². The van der Waals surface area contributed by atoms with E-state index in [-0.39, 0.29) is 18.3 Å². The molecule has 2 unspecified atom stereocenters. The minimum absolute atomic E-state index is 0. The molecule has 3 rings (SSSR count). The molecule has 21 heavy (non-hydrogen) atoms. The van der Waals surface area contributed by atoms with Crippen LogP contribution in [0.5, 0.6) is 5.75 Å². The third-order valence-electron chi connectivity index (χ3n) is 4.54. The molecular weight excluding hydrogens is 288 g/mol. The molecule has 2 atom stereocenters. The summed E-state index contributed by atoms with van der Waals surface area (Å²) in [5.74, 6) is 0.940. The summed E-state index contributed by atoms with van der Waals surface area (Å²) in [4.78, 5) is 14.9. The molecule has 2 heterocycles. The van der Waals surface area contributed by atoms with Crippen molar-refractivity contribution in [1.29, 1.82) is 0 Å². The predicted octanol–water partition coefficient (Wildman–Crippen LogP) is 2.39. The standard InChI is InChI=1S/C16H22N2O2.ClH/c1-11-3-4-12(9-15(11)20-2)16(19)18-13-5-6-14(18)10-17-8-7-13;/h3-4,9,13-14,17H,5-8,10H2,1-2H3;1H. The van der Waals surface area contributed by atoms with Crippen LogP contribution in [-0.4, -0.2) is 43.1 Å². The highest BCUT2D eigenvalue weighted by Crippen LogP contribution is 2.30. The Morgan fingerprint density at radius 2 is 2.05 bits per heavy atom. The number of rotatable bonds is 2. The molecular formula is C16H23ClN2O2. The highest BCUT2D eigenvalue weighted by molar-refractivity contribution is 5.95. The summed E-state index contributed by atoms with van der Waals surface area (Å²) < 4.78 is 5.33. The summed E-state index contributed by atoms with van der Waals surface area (Å²) in [6, 6.07) is 6.49. The summed E-state index contributed by atoms with van der Waals surface area (Å²) in [7, 11) is 1.65. The maximum absolute atomic E-state index is 12.8. The van der Waals surface area contributed by atoms with Crippen LogP contribution >= 0.6 is 12.4 Å². The second kappa shape index (κ2) is 6.67. The normalized spacial score (nSPS) is 24.2. The maximum atomic E-state index is 12.8. The molecule has 4 nitrogen and oxygen atoms in total. The summed E-state index contributed by atoms with van der Waals surface area (Å²) >= 11 is 0. The molecule has 2 aliphatic heterocycles. The summed E-state index contributed by atoms with van der Waals surface area (Å²) in [6.07, 6.45) is 3.32. The van der Waals surface area contributed by atoms with E-state index in [1.807, 2.05) is 25.1 Å². The fourth-order valence-corrected chi connectivity index (χ4v) is 3.42. The van der Waals surface area contributed by atoms with Crippen molar-refractivity contribution in [3.05, 3.63) is 29.3 Å². The number of methoxy groups -OCH3 is 1. The van der Waals surface area contributed by atoms with E-state index >= 15 is 0 Å². The van der Waals surface area contributed by atoms with Gasteiger partial charge in [-0.2, -0.15) is 0 Å². The lowest BCUT2D eigenvalue weighted by Crippen LogP contribution is -2.42. The number of hydrogen-bond acceptors (Lipinski definition) is 3. The quantitative estimate of drug-likeness (QED) is 0.912. The van der Waals surface area contributed by atoms with Gasteiger partial charge in [0.25, 0.3) is 5.91 Å². The van der Waals surface area contributed by atoms with E-state index in [0.29, 0.717) is 12.1 Å². The first-order valence-corrected chi connectivity index (χ1v) is 7.38. The number of nitrogens with zero attached hydrogens (tertiary/aromatic N) is 1. The SMILES string of the molecule is COc1cc(C(=O)N2C3CCNCC2CC3)ccc1C.Cl. The monoisotopic (exact) mass is 310 g/mol. The van der Waals surface area contributed by atoms with E-state index in [1.165, 1.54) is 0 Å². The number of carbonyl (C=O) groups excluding carboxylic acids is 1. The first-order valence-electron chi connectivity index (χ1n) is 7.38. The molecule has 0 radical (unpaired) electrons. The number of halogens is 1. The summed E-state index contributed by atoms with van der Waals surface area (Å²) in [5, 5.41) is 3.43. The van der Waals surface area contributed by atoms with Gasteiger partial charge in [-0.3, -0.25) is 4.79 Å². The lowest BCUT2D eigenvalue weighted by molar-refractivity contribution is 0.0680. The van der Waals surface area contributed by atoms with E-state index in [0.717, 1.165) is 49.2 Å². The smallest absolute Gasteiger partial charge is 0.254 e. The molecule has 1 aromatic carbocycles. The maximum Gasteiger partial charge on any atom is 0.254 e. The highest BCUT2D eigenvalue weighted by Gasteiger charge is 2.38. The van der Waals surface area contributed by atoms with Gasteiger partial charge in [-0.25, -0.2) is 0 Å². The Bertz CT molecular complexity index is 507. The van der Waals surface area contributed by atoms with Crippen molar-refractivity contribution < 1.29 is 9.53 Å². The van der Waals surface area contributed by atoms with E-state index in [4.69, 9.17) is 4.74 Å². The molecule has 2 saturated heterocycles. The van der Waals surface area contributed by atoms with E-state index in [1.54, 1.807) is 7.11 Å². The van der Waals surface area contributed by atoms with Gasteiger partial charge in [0.1, 0.15) is 5.75 Å². The minimum Gasteiger partial charge on any atom is -0.496 e. The van der Waals surface area contributed by atoms with Crippen LogP contribution in [0.3, 0.4) is 0 Å². The molecule has 5 heteroatoms. The molecule has 1 aromatic rings. The van der Waals surface area contributed by atoms with Crippen molar-refractivity contribution in [3.63, 3.8) is 0 Å². The zero-order valence-electron chi connectivity index (χ0n) is 12.6. The molecule has 1 amide bonds. The van der Waals surface area contributed by atoms with Gasteiger partial charge in [0, 0.05) is 24.2 Å². The summed E-state index contributed by atoms with van der Waals surface area (Å²) in [6.45, 7) is 3.93. The van der Waals surface area contributed by atoms with Crippen molar-refractivity contribution in [1.82, 2.24) is 10.2 Å². The van der Waals surface area contributed by atoms with E-state index in [9.17, 15) is 4.79 Å². The Balaban J connectivity index is 0.00000161. The lowest BCUT2D eigenvalue weighted by atomic mass is 10.1. The highest BCUT2D eigenvalue weighted by atomic mass is 35.5. The first-order chi connectivity index (χ1) is 9.70. The molecule has 0 spiro atoms. The van der Waals surface area contributed by atoms with Gasteiger partial charge in [-0.15, -0.1) is 12.4 Å². The van der Waals surface area contributed by atoms with Crippen LogP contribution in [0.2, 0.25) is 0 Å². The largest absolute Gasteiger partial charge is 0.496 e. The third-order valence-corrected chi connectivity index (χ3v) is 4.54. The Kier molecular flexibility index (Phi) is 5.12. The predicted molar refractivity (Wildman–Crippen MR) is 85.4 cm³/mol. The van der Waals surface area contributed by atoms with E-state index < -0.39 is 0 Å². The van der Waals surface area contributed by atoms with Gasteiger partial charge in [-0.05, 0) is 50.4 Å². The molecule has 2 fully saturated rings. The van der Waals surface area contributed by atoms with Crippen molar-refractivity contribution in [2.24, 2.45) is 0 Å². The Morgan fingerprint density at radius 1 is 1.29 bits per heavy atom. The van der Waals surface area contributed by atoms with Crippen LogP contribution in [0.25, 0.3) is 0 Å². The number of ether oxygens (including phenoxy) is 1. The molecule has 0 aromatic heterocycles. The fraction of sp³-hybridized carbons (Fsp3) is 0.562. The number of hydrogen-bond donors (Lipinski definition) is 1.